The van der Waals surface area contributed by atoms with E-state index in [0.29, 0.717) is 31.4 Å². The fourth-order valence-electron chi connectivity index (χ4n) is 4.47. The third kappa shape index (κ3) is 6.23. The van der Waals surface area contributed by atoms with Gasteiger partial charge < -0.3 is 10.6 Å². The van der Waals surface area contributed by atoms with Crippen molar-refractivity contribution in [2.24, 2.45) is 0 Å². The topological polar surface area (TPSA) is 94.6 Å². The second-order valence-corrected chi connectivity index (χ2v) is 11.1. The molecule has 0 radical (unpaired) electrons. The quantitative estimate of drug-likeness (QED) is 0.605. The molecule has 8 nitrogen and oxygen atoms in total. The van der Waals surface area contributed by atoms with E-state index < -0.39 is 10.0 Å². The Morgan fingerprint density at radius 1 is 1.09 bits per heavy atom. The molecule has 1 aliphatic heterocycles. The number of urea groups is 1. The van der Waals surface area contributed by atoms with Crippen LogP contribution < -0.4 is 10.6 Å². The lowest BCUT2D eigenvalue weighted by Crippen LogP contribution is -2.52. The van der Waals surface area contributed by atoms with Crippen molar-refractivity contribution in [1.82, 2.24) is 19.5 Å². The molecule has 1 saturated carbocycles. The molecule has 0 bridgehead atoms. The Kier molecular flexibility index (Phi) is 7.85. The second-order valence-electron chi connectivity index (χ2n) is 8.55. The summed E-state index contributed by atoms with van der Waals surface area (Å²) >= 11 is 6.34. The number of carbonyl (C=O) groups is 1. The van der Waals surface area contributed by atoms with Crippen molar-refractivity contribution in [2.75, 3.05) is 31.5 Å². The summed E-state index contributed by atoms with van der Waals surface area (Å²) in [6, 6.07) is 10.1. The second kappa shape index (κ2) is 10.8. The third-order valence-corrected chi connectivity index (χ3v) is 8.61. The zero-order valence-electron chi connectivity index (χ0n) is 18.5. The number of piperazine rings is 1. The smallest absolute Gasteiger partial charge is 0.319 e. The van der Waals surface area contributed by atoms with Gasteiger partial charge in [-0.1, -0.05) is 12.5 Å². The molecule has 0 spiro atoms. The van der Waals surface area contributed by atoms with Gasteiger partial charge in [-0.2, -0.15) is 4.31 Å². The van der Waals surface area contributed by atoms with E-state index >= 15 is 0 Å². The maximum atomic E-state index is 13.1. The number of benzene rings is 1. The number of rotatable bonds is 6. The van der Waals surface area contributed by atoms with Crippen LogP contribution in [-0.4, -0.2) is 66.2 Å². The van der Waals surface area contributed by atoms with Crippen LogP contribution in [0.5, 0.6) is 0 Å². The molecular formula is C23H30ClN5O3S. The summed E-state index contributed by atoms with van der Waals surface area (Å²) in [6.45, 7) is 2.75. The third-order valence-electron chi connectivity index (χ3n) is 6.30. The number of alkyl halides is 1. The zero-order valence-corrected chi connectivity index (χ0v) is 20.1. The molecule has 2 heterocycles. The van der Waals surface area contributed by atoms with Crippen LogP contribution in [-0.2, 0) is 16.6 Å². The summed E-state index contributed by atoms with van der Waals surface area (Å²) in [5, 5.41) is 5.70. The van der Waals surface area contributed by atoms with E-state index in [1.54, 1.807) is 34.9 Å². The highest BCUT2D eigenvalue weighted by Gasteiger charge is 2.32. The van der Waals surface area contributed by atoms with Gasteiger partial charge >= 0.3 is 6.03 Å². The molecular weight excluding hydrogens is 462 g/mol. The molecule has 1 aromatic heterocycles. The number of nitrogens with zero attached hydrogens (tertiary/aromatic N) is 3. The number of hydrogen-bond donors (Lipinski definition) is 2. The van der Waals surface area contributed by atoms with E-state index in [-0.39, 0.29) is 16.3 Å². The van der Waals surface area contributed by atoms with Gasteiger partial charge in [0, 0.05) is 62.2 Å². The van der Waals surface area contributed by atoms with E-state index in [0.717, 1.165) is 44.3 Å². The number of nitrogens with one attached hydrogen (secondary N) is 2. The fourth-order valence-corrected chi connectivity index (χ4v) is 6.25. The molecule has 2 amide bonds. The molecule has 2 atom stereocenters. The Bertz CT molecular complexity index is 1030. The van der Waals surface area contributed by atoms with Gasteiger partial charge in [0.1, 0.15) is 0 Å². The van der Waals surface area contributed by atoms with E-state index in [4.69, 9.17) is 11.6 Å². The van der Waals surface area contributed by atoms with Gasteiger partial charge in [-0.05, 0) is 55.2 Å². The molecule has 2 unspecified atom stereocenters. The SMILES string of the molecule is O=C(NCc1cccnc1)Nc1ccc(S(=O)(=O)N2CCN(C3CCCC(Cl)C3)CC2)cc1. The lowest BCUT2D eigenvalue weighted by Gasteiger charge is -2.41. The number of carbonyl (C=O) groups excluding carboxylic acids is 1. The molecule has 4 rings (SSSR count). The van der Waals surface area contributed by atoms with Crippen molar-refractivity contribution in [2.45, 2.75) is 48.5 Å². The summed E-state index contributed by atoms with van der Waals surface area (Å²) < 4.78 is 27.7. The lowest BCUT2D eigenvalue weighted by molar-refractivity contribution is 0.112. The largest absolute Gasteiger partial charge is 0.334 e. The maximum absolute atomic E-state index is 13.1. The molecule has 10 heteroatoms. The fraction of sp³-hybridized carbons (Fsp3) is 0.478. The highest BCUT2D eigenvalue weighted by atomic mass is 35.5. The van der Waals surface area contributed by atoms with Crippen LogP contribution in [0.2, 0.25) is 0 Å². The van der Waals surface area contributed by atoms with Gasteiger partial charge in [0.05, 0.1) is 4.90 Å². The van der Waals surface area contributed by atoms with Crippen LogP contribution in [0.15, 0.2) is 53.7 Å². The summed E-state index contributed by atoms with van der Waals surface area (Å²) in [5.41, 5.74) is 1.41. The molecule has 2 aliphatic rings. The Morgan fingerprint density at radius 2 is 1.85 bits per heavy atom. The molecule has 2 aromatic rings. The standard InChI is InChI=1S/C23H30ClN5O3S/c24-19-4-1-5-21(15-19)28-11-13-29(14-12-28)33(31,32)22-8-6-20(7-9-22)27-23(30)26-17-18-3-2-10-25-16-18/h2-3,6-10,16,19,21H,1,4-5,11-15,17H2,(H2,26,27,30). The first-order chi connectivity index (χ1) is 15.9. The van der Waals surface area contributed by atoms with Crippen LogP contribution in [0.3, 0.4) is 0 Å². The molecule has 1 saturated heterocycles. The van der Waals surface area contributed by atoms with Crippen molar-refractivity contribution in [3.05, 3.63) is 54.4 Å². The number of aromatic nitrogens is 1. The van der Waals surface area contributed by atoms with Gasteiger partial charge in [0.2, 0.25) is 10.0 Å². The summed E-state index contributed by atoms with van der Waals surface area (Å²) in [5.74, 6) is 0. The number of anilines is 1. The molecule has 1 aromatic carbocycles. The Balaban J connectivity index is 1.29. The molecule has 33 heavy (non-hydrogen) atoms. The maximum Gasteiger partial charge on any atom is 0.319 e. The van der Waals surface area contributed by atoms with Gasteiger partial charge in [-0.3, -0.25) is 9.88 Å². The van der Waals surface area contributed by atoms with E-state index in [9.17, 15) is 13.2 Å². The highest BCUT2D eigenvalue weighted by molar-refractivity contribution is 7.89. The number of amides is 2. The molecule has 178 valence electrons. The van der Waals surface area contributed by atoms with E-state index in [1.807, 2.05) is 6.07 Å². The first kappa shape index (κ1) is 23.9. The number of pyridine rings is 1. The molecule has 1 aliphatic carbocycles. The number of sulfonamides is 1. The van der Waals surface area contributed by atoms with Crippen LogP contribution in [0.1, 0.15) is 31.2 Å². The van der Waals surface area contributed by atoms with Crippen molar-refractivity contribution < 1.29 is 13.2 Å². The van der Waals surface area contributed by atoms with E-state index in [2.05, 4.69) is 20.5 Å². The predicted octanol–water partition coefficient (Wildman–Crippen LogP) is 3.26. The van der Waals surface area contributed by atoms with Crippen LogP contribution in [0.4, 0.5) is 10.5 Å². The number of hydrogen-bond acceptors (Lipinski definition) is 5. The minimum absolute atomic E-state index is 0.232. The van der Waals surface area contributed by atoms with Gasteiger partial charge in [0.15, 0.2) is 0 Å². The summed E-state index contributed by atoms with van der Waals surface area (Å²) in [7, 11) is -3.57. The van der Waals surface area contributed by atoms with Crippen molar-refractivity contribution in [3.63, 3.8) is 0 Å². The first-order valence-electron chi connectivity index (χ1n) is 11.3. The number of halogens is 1. The van der Waals surface area contributed by atoms with Crippen molar-refractivity contribution in [1.29, 1.82) is 0 Å². The molecule has 2 N–H and O–H groups in total. The van der Waals surface area contributed by atoms with Gasteiger partial charge in [-0.15, -0.1) is 11.6 Å². The van der Waals surface area contributed by atoms with Crippen molar-refractivity contribution in [3.8, 4) is 0 Å². The summed E-state index contributed by atoms with van der Waals surface area (Å²) in [6.07, 6.45) is 7.69. The summed E-state index contributed by atoms with van der Waals surface area (Å²) in [4.78, 5) is 18.7. The average molecular weight is 492 g/mol. The minimum Gasteiger partial charge on any atom is -0.334 e. The monoisotopic (exact) mass is 491 g/mol. The van der Waals surface area contributed by atoms with Crippen LogP contribution in [0.25, 0.3) is 0 Å². The van der Waals surface area contributed by atoms with Gasteiger partial charge in [-0.25, -0.2) is 13.2 Å². The van der Waals surface area contributed by atoms with Crippen LogP contribution >= 0.6 is 11.6 Å². The first-order valence-corrected chi connectivity index (χ1v) is 13.2. The van der Waals surface area contributed by atoms with E-state index in [1.165, 1.54) is 12.1 Å². The minimum atomic E-state index is -3.57. The average Bonchev–Trinajstić information content (AvgIpc) is 2.84. The van der Waals surface area contributed by atoms with Crippen LogP contribution in [0, 0.1) is 0 Å². The highest BCUT2D eigenvalue weighted by Crippen LogP contribution is 2.28. The Hall–Kier alpha value is -2.20. The Labute approximate surface area is 200 Å². The normalized spacial score (nSPS) is 22.6. The Morgan fingerprint density at radius 3 is 2.52 bits per heavy atom. The molecule has 2 fully saturated rings. The predicted molar refractivity (Wildman–Crippen MR) is 129 cm³/mol. The van der Waals surface area contributed by atoms with Gasteiger partial charge in [0.25, 0.3) is 0 Å². The zero-order chi connectivity index (χ0) is 23.3. The van der Waals surface area contributed by atoms with Crippen molar-refractivity contribution >= 4 is 33.3 Å². The lowest BCUT2D eigenvalue weighted by atomic mass is 9.93.